The lowest BCUT2D eigenvalue weighted by molar-refractivity contribution is -0.174. The van der Waals surface area contributed by atoms with Gasteiger partial charge in [0.1, 0.15) is 0 Å². The van der Waals surface area contributed by atoms with E-state index in [1.165, 1.54) is 14.2 Å². The molecule has 3 rings (SSSR count). The Balaban J connectivity index is 1.72. The fraction of sp³-hybridized carbons (Fsp3) is 0.556. The number of methoxy groups -OCH3 is 2. The first kappa shape index (κ1) is 16.9. The number of carbonyl (C=O) groups is 2. The van der Waals surface area contributed by atoms with Gasteiger partial charge in [-0.1, -0.05) is 37.3 Å². The molecule has 130 valence electrons. The highest BCUT2D eigenvalue weighted by Crippen LogP contribution is 2.61. The van der Waals surface area contributed by atoms with Crippen LogP contribution in [-0.4, -0.2) is 45.7 Å². The van der Waals surface area contributed by atoms with Gasteiger partial charge in [0.05, 0.1) is 27.4 Å². The monoisotopic (exact) mass is 334 g/mol. The number of hydrogen-bond acceptors (Lipinski definition) is 6. The molecule has 0 N–H and O–H groups in total. The molecule has 0 spiro atoms. The van der Waals surface area contributed by atoms with E-state index in [1.807, 2.05) is 37.3 Å². The molecule has 2 unspecified atom stereocenters. The molecule has 2 fully saturated rings. The van der Waals surface area contributed by atoms with Crippen LogP contribution in [0.5, 0.6) is 0 Å². The van der Waals surface area contributed by atoms with Crippen molar-refractivity contribution in [2.75, 3.05) is 27.4 Å². The molecule has 0 aromatic heterocycles. The predicted octanol–water partition coefficient (Wildman–Crippen LogP) is 1.74. The lowest BCUT2D eigenvalue weighted by Crippen LogP contribution is -2.35. The van der Waals surface area contributed by atoms with Gasteiger partial charge in [0.2, 0.25) is 0 Å². The van der Waals surface area contributed by atoms with E-state index in [1.54, 1.807) is 0 Å². The number of fused-ring (bicyclic) bond motifs is 1. The van der Waals surface area contributed by atoms with Crippen molar-refractivity contribution in [2.45, 2.75) is 19.1 Å². The van der Waals surface area contributed by atoms with Crippen molar-refractivity contribution < 1.29 is 28.5 Å². The summed E-state index contributed by atoms with van der Waals surface area (Å²) in [5.41, 5.74) is -0.171. The minimum absolute atomic E-state index is 0.0503. The van der Waals surface area contributed by atoms with Crippen LogP contribution in [0.1, 0.15) is 18.4 Å². The standard InChI is InChI=1S/C18H22O6/c1-11(12-7-5-4-6-8-12)15-23-9-13-14(10-24-15)18(13,16(19)21-2)17(20)22-3/h4-8,11,13-15H,9-10H2,1-3H3/t11?,13-,14+,15?. The molecule has 1 aliphatic heterocycles. The minimum Gasteiger partial charge on any atom is -0.468 e. The molecule has 1 aliphatic carbocycles. The quantitative estimate of drug-likeness (QED) is 0.617. The Morgan fingerprint density at radius 1 is 1.04 bits per heavy atom. The van der Waals surface area contributed by atoms with Gasteiger partial charge in [-0.2, -0.15) is 0 Å². The van der Waals surface area contributed by atoms with Crippen molar-refractivity contribution in [3.05, 3.63) is 35.9 Å². The van der Waals surface area contributed by atoms with E-state index in [0.29, 0.717) is 0 Å². The maximum Gasteiger partial charge on any atom is 0.324 e. The Morgan fingerprint density at radius 2 is 1.54 bits per heavy atom. The van der Waals surface area contributed by atoms with Crippen LogP contribution in [0.25, 0.3) is 0 Å². The van der Waals surface area contributed by atoms with Gasteiger partial charge >= 0.3 is 11.9 Å². The van der Waals surface area contributed by atoms with Crippen molar-refractivity contribution in [3.63, 3.8) is 0 Å². The maximum atomic E-state index is 12.2. The van der Waals surface area contributed by atoms with Gasteiger partial charge in [-0.05, 0) is 5.56 Å². The largest absolute Gasteiger partial charge is 0.468 e. The third-order valence-electron chi connectivity index (χ3n) is 5.21. The van der Waals surface area contributed by atoms with Crippen LogP contribution in [0.4, 0.5) is 0 Å². The first-order chi connectivity index (χ1) is 11.6. The van der Waals surface area contributed by atoms with Gasteiger partial charge in [-0.25, -0.2) is 0 Å². The second kappa shape index (κ2) is 6.53. The average Bonchev–Trinajstić information content (AvgIpc) is 3.32. The summed E-state index contributed by atoms with van der Waals surface area (Å²) in [4.78, 5) is 24.4. The normalized spacial score (nSPS) is 28.9. The van der Waals surface area contributed by atoms with Crippen LogP contribution in [0.3, 0.4) is 0 Å². The molecular weight excluding hydrogens is 312 g/mol. The van der Waals surface area contributed by atoms with Crippen LogP contribution in [-0.2, 0) is 28.5 Å². The van der Waals surface area contributed by atoms with Crippen molar-refractivity contribution in [1.82, 2.24) is 0 Å². The van der Waals surface area contributed by atoms with Gasteiger partial charge in [-0.3, -0.25) is 9.59 Å². The highest BCUT2D eigenvalue weighted by atomic mass is 16.7. The third-order valence-corrected chi connectivity index (χ3v) is 5.21. The third kappa shape index (κ3) is 2.50. The van der Waals surface area contributed by atoms with Crippen molar-refractivity contribution in [3.8, 4) is 0 Å². The van der Waals surface area contributed by atoms with E-state index in [9.17, 15) is 9.59 Å². The summed E-state index contributed by atoms with van der Waals surface area (Å²) in [5, 5.41) is 0. The zero-order chi connectivity index (χ0) is 17.3. The van der Waals surface area contributed by atoms with Crippen molar-refractivity contribution in [2.24, 2.45) is 17.3 Å². The molecule has 0 radical (unpaired) electrons. The summed E-state index contributed by atoms with van der Waals surface area (Å²) in [6.45, 7) is 2.55. The van der Waals surface area contributed by atoms with Crippen LogP contribution < -0.4 is 0 Å². The molecule has 6 nitrogen and oxygen atoms in total. The Kier molecular flexibility index (Phi) is 4.60. The molecule has 0 bridgehead atoms. The molecule has 24 heavy (non-hydrogen) atoms. The van der Waals surface area contributed by atoms with E-state index >= 15 is 0 Å². The molecule has 6 heteroatoms. The summed E-state index contributed by atoms with van der Waals surface area (Å²) >= 11 is 0. The molecule has 1 heterocycles. The number of rotatable bonds is 4. The van der Waals surface area contributed by atoms with Gasteiger partial charge in [0, 0.05) is 17.8 Å². The SMILES string of the molecule is COC(=O)C1(C(=O)OC)[C@@H]2COC(C(C)c3ccccc3)OC[C@@H]21. The molecule has 1 aromatic rings. The zero-order valence-corrected chi connectivity index (χ0v) is 14.1. The molecule has 1 aromatic carbocycles. The van der Waals surface area contributed by atoms with E-state index < -0.39 is 23.6 Å². The Bertz CT molecular complexity index is 581. The van der Waals surface area contributed by atoms with E-state index in [-0.39, 0.29) is 31.0 Å². The van der Waals surface area contributed by atoms with E-state index in [2.05, 4.69) is 0 Å². The minimum atomic E-state index is -1.29. The number of esters is 2. The first-order valence-corrected chi connectivity index (χ1v) is 8.02. The van der Waals surface area contributed by atoms with Crippen molar-refractivity contribution >= 4 is 11.9 Å². The average molecular weight is 334 g/mol. The molecule has 1 saturated heterocycles. The number of carbonyl (C=O) groups excluding carboxylic acids is 2. The topological polar surface area (TPSA) is 71.1 Å². The Labute approximate surface area is 141 Å². The molecule has 1 saturated carbocycles. The number of benzene rings is 1. The van der Waals surface area contributed by atoms with Crippen LogP contribution in [0.15, 0.2) is 30.3 Å². The highest BCUT2D eigenvalue weighted by molar-refractivity contribution is 6.04. The number of hydrogen-bond donors (Lipinski definition) is 0. The summed E-state index contributed by atoms with van der Waals surface area (Å²) in [7, 11) is 2.54. The first-order valence-electron chi connectivity index (χ1n) is 8.02. The predicted molar refractivity (Wildman–Crippen MR) is 84.0 cm³/mol. The second-order valence-electron chi connectivity index (χ2n) is 6.30. The van der Waals surface area contributed by atoms with Gasteiger partial charge in [-0.15, -0.1) is 0 Å². The Hall–Kier alpha value is -1.92. The lowest BCUT2D eigenvalue weighted by atomic mass is 10.00. The van der Waals surface area contributed by atoms with Gasteiger partial charge in [0.15, 0.2) is 11.7 Å². The summed E-state index contributed by atoms with van der Waals surface area (Å²) in [5.74, 6) is -1.65. The summed E-state index contributed by atoms with van der Waals surface area (Å²) in [6, 6.07) is 9.95. The Morgan fingerprint density at radius 3 is 2.00 bits per heavy atom. The highest BCUT2D eigenvalue weighted by Gasteiger charge is 2.77. The molecule has 4 atom stereocenters. The van der Waals surface area contributed by atoms with Crippen molar-refractivity contribution in [1.29, 1.82) is 0 Å². The molecule has 0 amide bonds. The van der Waals surface area contributed by atoms with Crippen LogP contribution in [0, 0.1) is 17.3 Å². The van der Waals surface area contributed by atoms with Gasteiger partial charge in [0.25, 0.3) is 0 Å². The number of ether oxygens (including phenoxy) is 4. The smallest absolute Gasteiger partial charge is 0.324 e. The fourth-order valence-corrected chi connectivity index (χ4v) is 3.71. The fourth-order valence-electron chi connectivity index (χ4n) is 3.71. The van der Waals surface area contributed by atoms with Crippen LogP contribution >= 0.6 is 0 Å². The zero-order valence-electron chi connectivity index (χ0n) is 14.1. The van der Waals surface area contributed by atoms with E-state index in [0.717, 1.165) is 5.56 Å². The molecular formula is C18H22O6. The maximum absolute atomic E-state index is 12.2. The summed E-state index contributed by atoms with van der Waals surface area (Å²) in [6.07, 6.45) is -0.409. The summed E-state index contributed by atoms with van der Waals surface area (Å²) < 4.78 is 21.4. The lowest BCUT2D eigenvalue weighted by Gasteiger charge is -2.25. The van der Waals surface area contributed by atoms with Gasteiger partial charge < -0.3 is 18.9 Å². The van der Waals surface area contributed by atoms with E-state index in [4.69, 9.17) is 18.9 Å². The second-order valence-corrected chi connectivity index (χ2v) is 6.30. The molecule has 2 aliphatic rings. The van der Waals surface area contributed by atoms with Crippen LogP contribution in [0.2, 0.25) is 0 Å².